The number of hydrogen-bond donors (Lipinski definition) is 1. The van der Waals surface area contributed by atoms with Crippen LogP contribution >= 0.6 is 0 Å². The maximum Gasteiger partial charge on any atom is 0.261 e. The molecule has 10 heteroatoms. The lowest BCUT2D eigenvalue weighted by molar-refractivity contribution is -0.117. The SMILES string of the molecule is COc1ccc(S(=O)(=O)Nc2ccccc2C(=O)N2CCOCC2)cc1N1CCCC1=O. The molecule has 32 heavy (non-hydrogen) atoms. The highest BCUT2D eigenvalue weighted by Crippen LogP contribution is 2.34. The predicted octanol–water partition coefficient (Wildman–Crippen LogP) is 2.10. The molecule has 4 rings (SSSR count). The number of para-hydroxylation sites is 1. The molecule has 2 aliphatic heterocycles. The molecular formula is C22H25N3O6S. The summed E-state index contributed by atoms with van der Waals surface area (Å²) < 4.78 is 39.6. The molecule has 0 unspecified atom stereocenters. The van der Waals surface area contributed by atoms with Gasteiger partial charge in [-0.3, -0.25) is 14.3 Å². The van der Waals surface area contributed by atoms with E-state index in [2.05, 4.69) is 4.72 Å². The number of amides is 2. The van der Waals surface area contributed by atoms with Crippen LogP contribution in [0.5, 0.6) is 5.75 Å². The van der Waals surface area contributed by atoms with E-state index >= 15 is 0 Å². The average Bonchev–Trinajstić information content (AvgIpc) is 3.24. The number of methoxy groups -OCH3 is 1. The highest BCUT2D eigenvalue weighted by Gasteiger charge is 2.28. The van der Waals surface area contributed by atoms with Gasteiger partial charge in [0.15, 0.2) is 0 Å². The first kappa shape index (κ1) is 22.1. The van der Waals surface area contributed by atoms with Crippen LogP contribution in [-0.4, -0.2) is 65.1 Å². The van der Waals surface area contributed by atoms with Crippen molar-refractivity contribution in [3.8, 4) is 5.75 Å². The molecule has 0 atom stereocenters. The van der Waals surface area contributed by atoms with Gasteiger partial charge in [0.1, 0.15) is 5.75 Å². The van der Waals surface area contributed by atoms with Gasteiger partial charge in [-0.25, -0.2) is 8.42 Å². The summed E-state index contributed by atoms with van der Waals surface area (Å²) in [4.78, 5) is 28.3. The van der Waals surface area contributed by atoms with Crippen LogP contribution in [0.4, 0.5) is 11.4 Å². The average molecular weight is 460 g/mol. The smallest absolute Gasteiger partial charge is 0.261 e. The van der Waals surface area contributed by atoms with Crippen LogP contribution in [0.2, 0.25) is 0 Å². The number of nitrogens with zero attached hydrogens (tertiary/aromatic N) is 2. The number of morpholine rings is 1. The number of sulfonamides is 1. The molecule has 0 aromatic heterocycles. The molecule has 0 bridgehead atoms. The summed E-state index contributed by atoms with van der Waals surface area (Å²) >= 11 is 0. The van der Waals surface area contributed by atoms with Gasteiger partial charge in [-0.15, -0.1) is 0 Å². The van der Waals surface area contributed by atoms with Gasteiger partial charge in [0, 0.05) is 26.1 Å². The largest absolute Gasteiger partial charge is 0.495 e. The molecular weight excluding hydrogens is 434 g/mol. The van der Waals surface area contributed by atoms with Crippen molar-refractivity contribution in [1.29, 1.82) is 0 Å². The minimum absolute atomic E-state index is 0.0263. The zero-order valence-electron chi connectivity index (χ0n) is 17.7. The highest BCUT2D eigenvalue weighted by atomic mass is 32.2. The number of nitrogens with one attached hydrogen (secondary N) is 1. The van der Waals surface area contributed by atoms with E-state index < -0.39 is 10.0 Å². The maximum absolute atomic E-state index is 13.2. The lowest BCUT2D eigenvalue weighted by Crippen LogP contribution is -2.41. The summed E-state index contributed by atoms with van der Waals surface area (Å²) in [7, 11) is -2.56. The second-order valence-electron chi connectivity index (χ2n) is 7.54. The van der Waals surface area contributed by atoms with Gasteiger partial charge < -0.3 is 19.3 Å². The Kier molecular flexibility index (Phi) is 6.33. The lowest BCUT2D eigenvalue weighted by Gasteiger charge is -2.27. The number of rotatable bonds is 6. The molecule has 2 amide bonds. The summed E-state index contributed by atoms with van der Waals surface area (Å²) in [6, 6.07) is 10.9. The summed E-state index contributed by atoms with van der Waals surface area (Å²) in [6.07, 6.45) is 1.11. The Morgan fingerprint density at radius 3 is 2.53 bits per heavy atom. The summed E-state index contributed by atoms with van der Waals surface area (Å²) in [5.74, 6) is 0.0824. The Balaban J connectivity index is 1.64. The maximum atomic E-state index is 13.2. The fraction of sp³-hybridized carbons (Fsp3) is 0.364. The van der Waals surface area contributed by atoms with Gasteiger partial charge in [0.25, 0.3) is 15.9 Å². The molecule has 0 radical (unpaired) electrons. The molecule has 2 fully saturated rings. The Bertz CT molecular complexity index is 1130. The Morgan fingerprint density at radius 2 is 1.84 bits per heavy atom. The molecule has 2 aromatic rings. The Morgan fingerprint density at radius 1 is 1.09 bits per heavy atom. The van der Waals surface area contributed by atoms with E-state index in [9.17, 15) is 18.0 Å². The zero-order chi connectivity index (χ0) is 22.7. The summed E-state index contributed by atoms with van der Waals surface area (Å²) in [5, 5.41) is 0. The van der Waals surface area contributed by atoms with Crippen LogP contribution in [0.15, 0.2) is 47.4 Å². The second-order valence-corrected chi connectivity index (χ2v) is 9.22. The molecule has 9 nitrogen and oxygen atoms in total. The van der Waals surface area contributed by atoms with E-state index in [-0.39, 0.29) is 28.0 Å². The predicted molar refractivity (Wildman–Crippen MR) is 119 cm³/mol. The van der Waals surface area contributed by atoms with E-state index in [0.29, 0.717) is 57.1 Å². The first-order valence-electron chi connectivity index (χ1n) is 10.4. The van der Waals surface area contributed by atoms with Crippen LogP contribution < -0.4 is 14.4 Å². The number of hydrogen-bond acceptors (Lipinski definition) is 6. The minimum atomic E-state index is -4.03. The minimum Gasteiger partial charge on any atom is -0.495 e. The number of anilines is 2. The van der Waals surface area contributed by atoms with Crippen molar-refractivity contribution in [2.75, 3.05) is 49.6 Å². The number of benzene rings is 2. The first-order valence-corrected chi connectivity index (χ1v) is 11.9. The van der Waals surface area contributed by atoms with E-state index in [1.165, 1.54) is 30.2 Å². The van der Waals surface area contributed by atoms with E-state index in [0.717, 1.165) is 0 Å². The molecule has 1 N–H and O–H groups in total. The Labute approximate surface area is 187 Å². The number of carbonyl (C=O) groups is 2. The van der Waals surface area contributed by atoms with Crippen LogP contribution in [0.3, 0.4) is 0 Å². The van der Waals surface area contributed by atoms with Crippen molar-refractivity contribution in [2.24, 2.45) is 0 Å². The molecule has 2 aliphatic rings. The third kappa shape index (κ3) is 4.42. The van der Waals surface area contributed by atoms with Crippen molar-refractivity contribution in [1.82, 2.24) is 4.90 Å². The van der Waals surface area contributed by atoms with Gasteiger partial charge in [0.2, 0.25) is 5.91 Å². The van der Waals surface area contributed by atoms with E-state index in [1.807, 2.05) is 0 Å². The summed E-state index contributed by atoms with van der Waals surface area (Å²) in [5.41, 5.74) is 0.871. The fourth-order valence-electron chi connectivity index (χ4n) is 3.85. The van der Waals surface area contributed by atoms with Crippen molar-refractivity contribution in [3.63, 3.8) is 0 Å². The molecule has 2 aromatic carbocycles. The summed E-state index contributed by atoms with van der Waals surface area (Å²) in [6.45, 7) is 2.30. The monoisotopic (exact) mass is 459 g/mol. The van der Waals surface area contributed by atoms with E-state index in [1.54, 1.807) is 29.2 Å². The van der Waals surface area contributed by atoms with E-state index in [4.69, 9.17) is 9.47 Å². The molecule has 170 valence electrons. The fourth-order valence-corrected chi connectivity index (χ4v) is 4.95. The van der Waals surface area contributed by atoms with Crippen LogP contribution in [0, 0.1) is 0 Å². The third-order valence-electron chi connectivity index (χ3n) is 5.52. The van der Waals surface area contributed by atoms with Gasteiger partial charge in [0.05, 0.1) is 42.2 Å². The zero-order valence-corrected chi connectivity index (χ0v) is 18.6. The van der Waals surface area contributed by atoms with Crippen molar-refractivity contribution < 1.29 is 27.5 Å². The quantitative estimate of drug-likeness (QED) is 0.709. The van der Waals surface area contributed by atoms with Crippen LogP contribution in [0.25, 0.3) is 0 Å². The molecule has 2 heterocycles. The second kappa shape index (κ2) is 9.17. The first-order chi connectivity index (χ1) is 15.4. The van der Waals surface area contributed by atoms with Gasteiger partial charge in [-0.1, -0.05) is 12.1 Å². The molecule has 2 saturated heterocycles. The topological polar surface area (TPSA) is 105 Å². The van der Waals surface area contributed by atoms with Gasteiger partial charge >= 0.3 is 0 Å². The molecule has 0 spiro atoms. The van der Waals surface area contributed by atoms with Crippen LogP contribution in [0.1, 0.15) is 23.2 Å². The highest BCUT2D eigenvalue weighted by molar-refractivity contribution is 7.92. The standard InChI is InChI=1S/C22H25N3O6S/c1-30-20-9-8-16(15-19(20)25-10-4-7-21(25)26)32(28,29)23-18-6-3-2-5-17(18)22(27)24-11-13-31-14-12-24/h2-3,5-6,8-9,15,23H,4,7,10-14H2,1H3. The number of carbonyl (C=O) groups excluding carboxylic acids is 2. The van der Waals surface area contributed by atoms with Gasteiger partial charge in [-0.05, 0) is 36.8 Å². The molecule has 0 aliphatic carbocycles. The number of ether oxygens (including phenoxy) is 2. The molecule has 0 saturated carbocycles. The van der Waals surface area contributed by atoms with Gasteiger partial charge in [-0.2, -0.15) is 0 Å². The Hall–Kier alpha value is -3.11. The van der Waals surface area contributed by atoms with Crippen molar-refractivity contribution in [3.05, 3.63) is 48.0 Å². The lowest BCUT2D eigenvalue weighted by atomic mass is 10.1. The normalized spacial score (nSPS) is 16.8. The third-order valence-corrected chi connectivity index (χ3v) is 6.89. The van der Waals surface area contributed by atoms with Crippen molar-refractivity contribution >= 4 is 33.2 Å². The van der Waals surface area contributed by atoms with Crippen LogP contribution in [-0.2, 0) is 19.6 Å². The van der Waals surface area contributed by atoms with Crippen molar-refractivity contribution in [2.45, 2.75) is 17.7 Å².